The largest absolute Gasteiger partial charge is 0.508 e. The maximum Gasteiger partial charge on any atom is 0.344 e. The molecule has 0 atom stereocenters. The van der Waals surface area contributed by atoms with E-state index >= 15 is 0 Å². The van der Waals surface area contributed by atoms with E-state index < -0.39 is 0 Å². The number of carbonyl (C=O) groups is 1. The molecule has 3 nitrogen and oxygen atoms in total. The van der Waals surface area contributed by atoms with Crippen LogP contribution in [0.5, 0.6) is 5.75 Å². The van der Waals surface area contributed by atoms with Gasteiger partial charge in [-0.3, -0.25) is 0 Å². The van der Waals surface area contributed by atoms with Crippen molar-refractivity contribution in [3.63, 3.8) is 0 Å². The van der Waals surface area contributed by atoms with E-state index in [-0.39, 0.29) is 11.7 Å². The van der Waals surface area contributed by atoms with Gasteiger partial charge in [-0.1, -0.05) is 48.2 Å². The number of ether oxygens (including phenoxy) is 1. The van der Waals surface area contributed by atoms with Crippen LogP contribution in [0.2, 0.25) is 0 Å². The number of hydrogen-bond donors (Lipinski definition) is 1. The molecule has 0 aliphatic carbocycles. The van der Waals surface area contributed by atoms with E-state index in [1.165, 1.54) is 11.8 Å². The lowest BCUT2D eigenvalue weighted by molar-refractivity contribution is -0.137. The predicted octanol–water partition coefficient (Wildman–Crippen LogP) is 5.24. The van der Waals surface area contributed by atoms with Crippen LogP contribution in [0.4, 0.5) is 0 Å². The standard InChI is InChI=1S/C21H18O3S/c1-2-24-21(23)20(25-19-6-4-3-5-7-19)13-15-8-9-17-14-18(22)11-10-16(17)12-15/h3-14,22H,2H2,1H3/b20-13-. The summed E-state index contributed by atoms with van der Waals surface area (Å²) in [5.41, 5.74) is 0.907. The molecule has 1 N–H and O–H groups in total. The minimum Gasteiger partial charge on any atom is -0.508 e. The van der Waals surface area contributed by atoms with Gasteiger partial charge in [-0.2, -0.15) is 0 Å². The second kappa shape index (κ2) is 7.90. The second-order valence-electron chi connectivity index (χ2n) is 5.44. The zero-order chi connectivity index (χ0) is 17.6. The van der Waals surface area contributed by atoms with Gasteiger partial charge >= 0.3 is 5.97 Å². The molecular formula is C21H18O3S. The number of phenolic OH excluding ortho intramolecular Hbond substituents is 1. The van der Waals surface area contributed by atoms with Gasteiger partial charge in [0, 0.05) is 4.90 Å². The van der Waals surface area contributed by atoms with Gasteiger partial charge in [0.1, 0.15) is 5.75 Å². The zero-order valence-electron chi connectivity index (χ0n) is 13.8. The van der Waals surface area contributed by atoms with Crippen molar-refractivity contribution in [1.29, 1.82) is 0 Å². The van der Waals surface area contributed by atoms with Gasteiger partial charge in [-0.05, 0) is 59.7 Å². The van der Waals surface area contributed by atoms with Gasteiger partial charge in [0.05, 0.1) is 11.5 Å². The average molecular weight is 350 g/mol. The lowest BCUT2D eigenvalue weighted by Crippen LogP contribution is -2.05. The van der Waals surface area contributed by atoms with Crippen molar-refractivity contribution in [2.45, 2.75) is 11.8 Å². The number of carbonyl (C=O) groups excluding carboxylic acids is 1. The average Bonchev–Trinajstić information content (AvgIpc) is 2.62. The van der Waals surface area contributed by atoms with Gasteiger partial charge in [0.15, 0.2) is 0 Å². The number of benzene rings is 3. The fraction of sp³-hybridized carbons (Fsp3) is 0.0952. The Hall–Kier alpha value is -2.72. The quantitative estimate of drug-likeness (QED) is 0.388. The first kappa shape index (κ1) is 17.1. The van der Waals surface area contributed by atoms with Crippen LogP contribution in [0.3, 0.4) is 0 Å². The maximum absolute atomic E-state index is 12.3. The Balaban J connectivity index is 1.96. The Labute approximate surface area is 150 Å². The summed E-state index contributed by atoms with van der Waals surface area (Å²) in [5, 5.41) is 11.5. The molecule has 0 heterocycles. The summed E-state index contributed by atoms with van der Waals surface area (Å²) < 4.78 is 5.19. The van der Waals surface area contributed by atoms with Crippen molar-refractivity contribution >= 4 is 34.6 Å². The molecular weight excluding hydrogens is 332 g/mol. The number of esters is 1. The van der Waals surface area contributed by atoms with Crippen molar-refractivity contribution in [2.75, 3.05) is 6.61 Å². The molecule has 0 radical (unpaired) electrons. The van der Waals surface area contributed by atoms with Gasteiger partial charge in [-0.25, -0.2) is 4.79 Å². The molecule has 3 aromatic rings. The topological polar surface area (TPSA) is 46.5 Å². The predicted molar refractivity (Wildman–Crippen MR) is 103 cm³/mol. The van der Waals surface area contributed by atoms with E-state index in [4.69, 9.17) is 4.74 Å². The van der Waals surface area contributed by atoms with Crippen LogP contribution < -0.4 is 0 Å². The van der Waals surface area contributed by atoms with E-state index in [1.54, 1.807) is 19.1 Å². The molecule has 0 amide bonds. The smallest absolute Gasteiger partial charge is 0.344 e. The highest BCUT2D eigenvalue weighted by atomic mass is 32.2. The minimum atomic E-state index is -0.331. The molecule has 0 aliphatic rings. The van der Waals surface area contributed by atoms with Gasteiger partial charge in [0.2, 0.25) is 0 Å². The van der Waals surface area contributed by atoms with Crippen molar-refractivity contribution in [3.8, 4) is 5.75 Å². The first-order valence-electron chi connectivity index (χ1n) is 8.00. The van der Waals surface area contributed by atoms with E-state index in [0.29, 0.717) is 11.5 Å². The molecule has 0 aliphatic heterocycles. The zero-order valence-corrected chi connectivity index (χ0v) is 14.6. The van der Waals surface area contributed by atoms with Crippen LogP contribution in [0, 0.1) is 0 Å². The van der Waals surface area contributed by atoms with E-state index in [1.807, 2.05) is 60.7 Å². The molecule has 3 rings (SSSR count). The Bertz CT molecular complexity index is 917. The molecule has 3 aromatic carbocycles. The Morgan fingerprint density at radius 2 is 1.76 bits per heavy atom. The van der Waals surface area contributed by atoms with Crippen LogP contribution >= 0.6 is 11.8 Å². The third kappa shape index (κ3) is 4.43. The fourth-order valence-corrected chi connectivity index (χ4v) is 3.32. The summed E-state index contributed by atoms with van der Waals surface area (Å²) in [6.07, 6.45) is 1.84. The summed E-state index contributed by atoms with van der Waals surface area (Å²) in [6, 6.07) is 20.8. The fourth-order valence-electron chi connectivity index (χ4n) is 2.44. The van der Waals surface area contributed by atoms with E-state index in [2.05, 4.69) is 0 Å². The summed E-state index contributed by atoms with van der Waals surface area (Å²) in [5.74, 6) is -0.0928. The van der Waals surface area contributed by atoms with Crippen molar-refractivity contribution in [3.05, 3.63) is 77.2 Å². The summed E-state index contributed by atoms with van der Waals surface area (Å²) in [6.45, 7) is 2.13. The minimum absolute atomic E-state index is 0.239. The number of aromatic hydroxyl groups is 1. The Morgan fingerprint density at radius 1 is 1.04 bits per heavy atom. The highest BCUT2D eigenvalue weighted by Gasteiger charge is 2.13. The first-order valence-corrected chi connectivity index (χ1v) is 8.82. The molecule has 4 heteroatoms. The third-order valence-electron chi connectivity index (χ3n) is 3.59. The third-order valence-corrected chi connectivity index (χ3v) is 4.61. The number of hydrogen-bond acceptors (Lipinski definition) is 4. The number of phenols is 1. The number of thioether (sulfide) groups is 1. The molecule has 0 bridgehead atoms. The van der Waals surface area contributed by atoms with Gasteiger partial charge < -0.3 is 9.84 Å². The molecule has 25 heavy (non-hydrogen) atoms. The number of fused-ring (bicyclic) bond motifs is 1. The summed E-state index contributed by atoms with van der Waals surface area (Å²) in [7, 11) is 0. The Morgan fingerprint density at radius 3 is 2.52 bits per heavy atom. The molecule has 0 saturated heterocycles. The van der Waals surface area contributed by atoms with Crippen LogP contribution in [-0.4, -0.2) is 17.7 Å². The lowest BCUT2D eigenvalue weighted by atomic mass is 10.1. The monoisotopic (exact) mass is 350 g/mol. The highest BCUT2D eigenvalue weighted by Crippen LogP contribution is 2.30. The normalized spacial score (nSPS) is 11.5. The van der Waals surface area contributed by atoms with Gasteiger partial charge in [-0.15, -0.1) is 0 Å². The first-order chi connectivity index (χ1) is 12.2. The Kier molecular flexibility index (Phi) is 5.41. The van der Waals surface area contributed by atoms with Crippen LogP contribution in [0.15, 0.2) is 76.5 Å². The van der Waals surface area contributed by atoms with Crippen LogP contribution in [0.1, 0.15) is 12.5 Å². The van der Waals surface area contributed by atoms with Crippen LogP contribution in [0.25, 0.3) is 16.8 Å². The van der Waals surface area contributed by atoms with E-state index in [0.717, 1.165) is 21.2 Å². The second-order valence-corrected chi connectivity index (χ2v) is 6.55. The molecule has 0 saturated carbocycles. The molecule has 0 fully saturated rings. The molecule has 0 spiro atoms. The lowest BCUT2D eigenvalue weighted by Gasteiger charge is -2.08. The van der Waals surface area contributed by atoms with Crippen LogP contribution in [-0.2, 0) is 9.53 Å². The number of rotatable bonds is 5. The van der Waals surface area contributed by atoms with E-state index in [9.17, 15) is 9.90 Å². The van der Waals surface area contributed by atoms with Crippen molar-refractivity contribution < 1.29 is 14.6 Å². The van der Waals surface area contributed by atoms with Crippen molar-refractivity contribution in [1.82, 2.24) is 0 Å². The molecule has 0 unspecified atom stereocenters. The summed E-state index contributed by atoms with van der Waals surface area (Å²) >= 11 is 1.39. The highest BCUT2D eigenvalue weighted by molar-refractivity contribution is 8.04. The SMILES string of the molecule is CCOC(=O)/C(=C/c1ccc2cc(O)ccc2c1)Sc1ccccc1. The van der Waals surface area contributed by atoms with Crippen molar-refractivity contribution in [2.24, 2.45) is 0 Å². The molecule has 126 valence electrons. The summed E-state index contributed by atoms with van der Waals surface area (Å²) in [4.78, 5) is 13.8. The molecule has 0 aromatic heterocycles. The van der Waals surface area contributed by atoms with Gasteiger partial charge in [0.25, 0.3) is 0 Å². The maximum atomic E-state index is 12.3.